The van der Waals surface area contributed by atoms with Crippen molar-refractivity contribution in [3.05, 3.63) is 77.4 Å². The number of hydrazone groups is 1. The molecule has 5 heteroatoms. The lowest BCUT2D eigenvalue weighted by atomic mass is 9.77. The minimum atomic E-state index is -0.0239. The van der Waals surface area contributed by atoms with Gasteiger partial charge in [-0.25, -0.2) is 5.01 Å². The third kappa shape index (κ3) is 4.34. The van der Waals surface area contributed by atoms with Gasteiger partial charge in [0.25, 0.3) is 5.91 Å². The van der Waals surface area contributed by atoms with Crippen LogP contribution in [-0.4, -0.2) is 54.4 Å². The van der Waals surface area contributed by atoms with Gasteiger partial charge < -0.3 is 4.74 Å². The Balaban J connectivity index is 1.47. The summed E-state index contributed by atoms with van der Waals surface area (Å²) in [5.41, 5.74) is 4.72. The number of carbonyl (C=O) groups is 1. The predicted octanol–water partition coefficient (Wildman–Crippen LogP) is 4.14. The highest BCUT2D eigenvalue weighted by Gasteiger charge is 2.43. The molecule has 0 radical (unpaired) electrons. The number of nitrogens with zero attached hydrogens (tertiary/aromatic N) is 3. The van der Waals surface area contributed by atoms with Crippen molar-refractivity contribution < 1.29 is 9.53 Å². The standard InChI is InChI=1S/C26H29N3O2/c30-24(19-28-14-16-31-17-15-28)29-26(21-10-5-2-6-11-21)23-13-7-12-22(25(23)27-29)18-20-8-3-1-4-9-20/h1-6,8-11,18,23,26H,7,12-17,19H2/b22-18-/t23-,26+/m0/s1. The fourth-order valence-corrected chi connectivity index (χ4v) is 4.96. The SMILES string of the molecule is O=C(CN1CCOCC1)N1N=C2/C(=C\c3ccccc3)CCC[C@@H]2[C@H]1c1ccccc1. The van der Waals surface area contributed by atoms with Gasteiger partial charge in [-0.15, -0.1) is 0 Å². The average Bonchev–Trinajstić information content (AvgIpc) is 3.22. The summed E-state index contributed by atoms with van der Waals surface area (Å²) in [6.45, 7) is 3.38. The Bertz CT molecular complexity index is 965. The number of ether oxygens (including phenoxy) is 1. The van der Waals surface area contributed by atoms with Crippen molar-refractivity contribution in [3.8, 4) is 0 Å². The van der Waals surface area contributed by atoms with Crippen LogP contribution < -0.4 is 0 Å². The van der Waals surface area contributed by atoms with Gasteiger partial charge in [0.05, 0.1) is 31.5 Å². The first kappa shape index (κ1) is 20.2. The van der Waals surface area contributed by atoms with Gasteiger partial charge in [-0.2, -0.15) is 5.10 Å². The normalized spacial score (nSPS) is 25.4. The van der Waals surface area contributed by atoms with Crippen LogP contribution in [-0.2, 0) is 9.53 Å². The Morgan fingerprint density at radius 2 is 1.74 bits per heavy atom. The molecule has 2 heterocycles. The highest BCUT2D eigenvalue weighted by Crippen LogP contribution is 2.44. The van der Waals surface area contributed by atoms with Gasteiger partial charge in [-0.05, 0) is 42.0 Å². The van der Waals surface area contributed by atoms with Crippen molar-refractivity contribution in [1.29, 1.82) is 0 Å². The summed E-state index contributed by atoms with van der Waals surface area (Å²) in [5, 5.41) is 6.77. The smallest absolute Gasteiger partial charge is 0.257 e. The first-order valence-electron chi connectivity index (χ1n) is 11.3. The molecule has 2 atom stereocenters. The Morgan fingerprint density at radius 1 is 1.03 bits per heavy atom. The van der Waals surface area contributed by atoms with Crippen LogP contribution in [0.3, 0.4) is 0 Å². The lowest BCUT2D eigenvalue weighted by molar-refractivity contribution is -0.135. The fourth-order valence-electron chi connectivity index (χ4n) is 4.96. The van der Waals surface area contributed by atoms with E-state index in [4.69, 9.17) is 9.84 Å². The topological polar surface area (TPSA) is 45.1 Å². The zero-order valence-corrected chi connectivity index (χ0v) is 17.8. The van der Waals surface area contributed by atoms with E-state index < -0.39 is 0 Å². The van der Waals surface area contributed by atoms with Crippen LogP contribution in [0.25, 0.3) is 6.08 Å². The van der Waals surface area contributed by atoms with Crippen LogP contribution in [0.15, 0.2) is 71.3 Å². The van der Waals surface area contributed by atoms with Gasteiger partial charge in [0.15, 0.2) is 0 Å². The van der Waals surface area contributed by atoms with Crippen LogP contribution in [0.2, 0.25) is 0 Å². The summed E-state index contributed by atoms with van der Waals surface area (Å²) in [6, 6.07) is 20.8. The molecule has 160 valence electrons. The maximum absolute atomic E-state index is 13.4. The molecule has 1 amide bonds. The molecule has 2 aliphatic heterocycles. The van der Waals surface area contributed by atoms with Crippen LogP contribution >= 0.6 is 0 Å². The van der Waals surface area contributed by atoms with Crippen molar-refractivity contribution in [2.75, 3.05) is 32.8 Å². The van der Waals surface area contributed by atoms with Crippen molar-refractivity contribution in [3.63, 3.8) is 0 Å². The highest BCUT2D eigenvalue weighted by molar-refractivity contribution is 6.08. The molecule has 0 unspecified atom stereocenters. The highest BCUT2D eigenvalue weighted by atomic mass is 16.5. The van der Waals surface area contributed by atoms with Gasteiger partial charge in [-0.3, -0.25) is 9.69 Å². The number of carbonyl (C=O) groups excluding carboxylic acids is 1. The number of amides is 1. The molecule has 0 spiro atoms. The lowest BCUT2D eigenvalue weighted by Crippen LogP contribution is -2.44. The van der Waals surface area contributed by atoms with Gasteiger partial charge >= 0.3 is 0 Å². The number of allylic oxidation sites excluding steroid dienone is 1. The summed E-state index contributed by atoms with van der Waals surface area (Å²) in [5.74, 6) is 0.330. The molecule has 3 aliphatic rings. The first-order chi connectivity index (χ1) is 15.3. The molecule has 1 aliphatic carbocycles. The molecular weight excluding hydrogens is 386 g/mol. The quantitative estimate of drug-likeness (QED) is 0.754. The van der Waals surface area contributed by atoms with Crippen molar-refractivity contribution >= 4 is 17.7 Å². The molecule has 0 N–H and O–H groups in total. The number of fused-ring (bicyclic) bond motifs is 1. The van der Waals surface area contributed by atoms with Crippen LogP contribution in [0.1, 0.15) is 36.4 Å². The zero-order valence-electron chi connectivity index (χ0n) is 17.8. The summed E-state index contributed by atoms with van der Waals surface area (Å²) in [6.07, 6.45) is 5.45. The van der Waals surface area contributed by atoms with E-state index >= 15 is 0 Å². The Hall–Kier alpha value is -2.76. The summed E-state index contributed by atoms with van der Waals surface area (Å²) >= 11 is 0. The van der Waals surface area contributed by atoms with E-state index in [1.807, 2.05) is 12.1 Å². The molecule has 1 saturated carbocycles. The molecule has 5 rings (SSSR count). The van der Waals surface area contributed by atoms with Crippen LogP contribution in [0.4, 0.5) is 0 Å². The molecule has 31 heavy (non-hydrogen) atoms. The number of rotatable bonds is 4. The average molecular weight is 416 g/mol. The third-order valence-electron chi connectivity index (χ3n) is 6.50. The minimum Gasteiger partial charge on any atom is -0.379 e. The maximum Gasteiger partial charge on any atom is 0.257 e. The second-order valence-electron chi connectivity index (χ2n) is 8.55. The summed E-state index contributed by atoms with van der Waals surface area (Å²) in [4.78, 5) is 15.6. The van der Waals surface area contributed by atoms with Gasteiger partial charge in [0.2, 0.25) is 0 Å². The summed E-state index contributed by atoms with van der Waals surface area (Å²) < 4.78 is 5.44. The van der Waals surface area contributed by atoms with Crippen LogP contribution in [0.5, 0.6) is 0 Å². The fraction of sp³-hybridized carbons (Fsp3) is 0.385. The molecule has 2 aromatic rings. The van der Waals surface area contributed by atoms with Crippen molar-refractivity contribution in [2.45, 2.75) is 25.3 Å². The second-order valence-corrected chi connectivity index (χ2v) is 8.55. The van der Waals surface area contributed by atoms with E-state index in [-0.39, 0.29) is 17.9 Å². The van der Waals surface area contributed by atoms with Crippen molar-refractivity contribution in [1.82, 2.24) is 9.91 Å². The Kier molecular flexibility index (Phi) is 5.96. The lowest BCUT2D eigenvalue weighted by Gasteiger charge is -2.31. The largest absolute Gasteiger partial charge is 0.379 e. The first-order valence-corrected chi connectivity index (χ1v) is 11.3. The molecule has 1 saturated heterocycles. The molecule has 0 bridgehead atoms. The molecule has 2 aromatic carbocycles. The van der Waals surface area contributed by atoms with E-state index in [1.165, 1.54) is 16.7 Å². The Morgan fingerprint density at radius 3 is 2.48 bits per heavy atom. The van der Waals surface area contributed by atoms with E-state index in [2.05, 4.69) is 59.5 Å². The molecular formula is C26H29N3O2. The van der Waals surface area contributed by atoms with E-state index in [0.29, 0.717) is 19.8 Å². The van der Waals surface area contributed by atoms with E-state index in [9.17, 15) is 4.79 Å². The monoisotopic (exact) mass is 415 g/mol. The molecule has 5 nitrogen and oxygen atoms in total. The molecule has 2 fully saturated rings. The van der Waals surface area contributed by atoms with E-state index in [0.717, 1.165) is 38.1 Å². The van der Waals surface area contributed by atoms with Gasteiger partial charge in [-0.1, -0.05) is 60.7 Å². The van der Waals surface area contributed by atoms with Crippen LogP contribution in [0, 0.1) is 5.92 Å². The third-order valence-corrected chi connectivity index (χ3v) is 6.50. The van der Waals surface area contributed by atoms with Gasteiger partial charge in [0.1, 0.15) is 0 Å². The number of hydrogen-bond donors (Lipinski definition) is 0. The maximum atomic E-state index is 13.4. The number of morpholine rings is 1. The zero-order chi connectivity index (χ0) is 21.0. The number of benzene rings is 2. The summed E-state index contributed by atoms with van der Waals surface area (Å²) in [7, 11) is 0. The van der Waals surface area contributed by atoms with E-state index in [1.54, 1.807) is 5.01 Å². The van der Waals surface area contributed by atoms with Gasteiger partial charge in [0, 0.05) is 19.0 Å². The Labute approximate surface area is 184 Å². The second kappa shape index (κ2) is 9.16. The predicted molar refractivity (Wildman–Crippen MR) is 122 cm³/mol. The molecule has 0 aromatic heterocycles. The minimum absolute atomic E-state index is 0.0239. The number of hydrogen-bond acceptors (Lipinski definition) is 4. The van der Waals surface area contributed by atoms with Crippen molar-refractivity contribution in [2.24, 2.45) is 11.0 Å².